The maximum atomic E-state index is 12.1. The smallest absolute Gasteiger partial charge is 0.251 e. The van der Waals surface area contributed by atoms with E-state index in [1.165, 1.54) is 0 Å². The first-order chi connectivity index (χ1) is 9.82. The van der Waals surface area contributed by atoms with Crippen LogP contribution in [0.1, 0.15) is 35.6 Å². The summed E-state index contributed by atoms with van der Waals surface area (Å²) in [6, 6.07) is 9.40. The lowest BCUT2D eigenvalue weighted by Gasteiger charge is -2.24. The quantitative estimate of drug-likeness (QED) is 0.907. The molecule has 0 unspecified atom stereocenters. The van der Waals surface area contributed by atoms with Crippen molar-refractivity contribution in [2.75, 3.05) is 6.54 Å². The highest BCUT2D eigenvalue weighted by atomic mass is 35.5. The number of hydrogen-bond acceptors (Lipinski definition) is 3. The van der Waals surface area contributed by atoms with E-state index in [9.17, 15) is 4.79 Å². The minimum atomic E-state index is -0.411. The number of nitrogens with zero attached hydrogens (tertiary/aromatic N) is 2. The van der Waals surface area contributed by atoms with Crippen molar-refractivity contribution >= 4 is 18.3 Å². The highest BCUT2D eigenvalue weighted by molar-refractivity contribution is 5.94. The molecule has 2 rings (SSSR count). The SMILES string of the molecule is Cc1cc(C)n(-c2ccc(C(=O)NC(C)(C)CN)cc2)n1.Cl. The normalized spacial score (nSPS) is 11.0. The first-order valence-corrected chi connectivity index (χ1v) is 6.99. The summed E-state index contributed by atoms with van der Waals surface area (Å²) in [6.45, 7) is 8.15. The van der Waals surface area contributed by atoms with Gasteiger partial charge in [-0.05, 0) is 58.0 Å². The molecular formula is C16H23ClN4O. The molecule has 1 amide bonds. The van der Waals surface area contributed by atoms with Gasteiger partial charge in [0.15, 0.2) is 0 Å². The predicted molar refractivity (Wildman–Crippen MR) is 90.9 cm³/mol. The summed E-state index contributed by atoms with van der Waals surface area (Å²) in [6.07, 6.45) is 0. The van der Waals surface area contributed by atoms with Gasteiger partial charge in [0.25, 0.3) is 5.91 Å². The lowest BCUT2D eigenvalue weighted by molar-refractivity contribution is 0.0915. The van der Waals surface area contributed by atoms with Crippen LogP contribution in [0, 0.1) is 13.8 Å². The molecule has 22 heavy (non-hydrogen) atoms. The Morgan fingerprint density at radius 1 is 1.27 bits per heavy atom. The number of benzene rings is 1. The fraction of sp³-hybridized carbons (Fsp3) is 0.375. The van der Waals surface area contributed by atoms with Crippen molar-refractivity contribution in [1.82, 2.24) is 15.1 Å². The van der Waals surface area contributed by atoms with Gasteiger partial charge in [-0.25, -0.2) is 4.68 Å². The predicted octanol–water partition coefficient (Wildman–Crippen LogP) is 2.38. The molecule has 0 bridgehead atoms. The Labute approximate surface area is 137 Å². The average molecular weight is 323 g/mol. The van der Waals surface area contributed by atoms with E-state index in [0.29, 0.717) is 12.1 Å². The molecular weight excluding hydrogens is 300 g/mol. The lowest BCUT2D eigenvalue weighted by Crippen LogP contribution is -2.48. The summed E-state index contributed by atoms with van der Waals surface area (Å²) >= 11 is 0. The molecule has 5 nitrogen and oxygen atoms in total. The summed E-state index contributed by atoms with van der Waals surface area (Å²) in [5, 5.41) is 7.34. The second kappa shape index (κ2) is 6.94. The fourth-order valence-corrected chi connectivity index (χ4v) is 2.07. The Morgan fingerprint density at radius 3 is 2.32 bits per heavy atom. The van der Waals surface area contributed by atoms with Crippen molar-refractivity contribution in [2.45, 2.75) is 33.2 Å². The number of nitrogens with one attached hydrogen (secondary N) is 1. The highest BCUT2D eigenvalue weighted by Gasteiger charge is 2.19. The van der Waals surface area contributed by atoms with Gasteiger partial charge in [0.2, 0.25) is 0 Å². The Morgan fingerprint density at radius 2 is 1.86 bits per heavy atom. The van der Waals surface area contributed by atoms with Crippen LogP contribution in [-0.4, -0.2) is 27.8 Å². The van der Waals surface area contributed by atoms with Gasteiger partial charge in [-0.2, -0.15) is 5.10 Å². The van der Waals surface area contributed by atoms with Crippen LogP contribution in [0.15, 0.2) is 30.3 Å². The number of aryl methyl sites for hydroxylation is 2. The topological polar surface area (TPSA) is 72.9 Å². The van der Waals surface area contributed by atoms with Gasteiger partial charge in [0.1, 0.15) is 0 Å². The monoisotopic (exact) mass is 322 g/mol. The number of halogens is 1. The highest BCUT2D eigenvalue weighted by Crippen LogP contribution is 2.13. The summed E-state index contributed by atoms with van der Waals surface area (Å²) in [4.78, 5) is 12.1. The first-order valence-electron chi connectivity index (χ1n) is 6.99. The largest absolute Gasteiger partial charge is 0.346 e. The molecule has 3 N–H and O–H groups in total. The molecule has 1 heterocycles. The van der Waals surface area contributed by atoms with Crippen LogP contribution in [0.25, 0.3) is 5.69 Å². The van der Waals surface area contributed by atoms with Gasteiger partial charge in [0.05, 0.1) is 11.4 Å². The van der Waals surface area contributed by atoms with E-state index in [2.05, 4.69) is 10.4 Å². The second-order valence-corrected chi connectivity index (χ2v) is 5.93. The molecule has 0 saturated heterocycles. The van der Waals surface area contributed by atoms with Crippen molar-refractivity contribution < 1.29 is 4.79 Å². The van der Waals surface area contributed by atoms with Crippen molar-refractivity contribution in [2.24, 2.45) is 5.73 Å². The number of carbonyl (C=O) groups excluding carboxylic acids is 1. The minimum absolute atomic E-state index is 0. The molecule has 0 spiro atoms. The molecule has 0 aliphatic rings. The van der Waals surface area contributed by atoms with Crippen LogP contribution in [-0.2, 0) is 0 Å². The van der Waals surface area contributed by atoms with E-state index in [1.54, 1.807) is 12.1 Å². The van der Waals surface area contributed by atoms with Crippen molar-refractivity contribution in [1.29, 1.82) is 0 Å². The third kappa shape index (κ3) is 4.08. The van der Waals surface area contributed by atoms with Crippen molar-refractivity contribution in [3.63, 3.8) is 0 Å². The van der Waals surface area contributed by atoms with Gasteiger partial charge in [-0.1, -0.05) is 0 Å². The molecule has 0 saturated carbocycles. The lowest BCUT2D eigenvalue weighted by atomic mass is 10.1. The van der Waals surface area contributed by atoms with Crippen molar-refractivity contribution in [3.05, 3.63) is 47.3 Å². The Kier molecular flexibility index (Phi) is 5.74. The van der Waals surface area contributed by atoms with Crippen LogP contribution >= 0.6 is 12.4 Å². The summed E-state index contributed by atoms with van der Waals surface area (Å²) in [5.41, 5.74) is 8.80. The second-order valence-electron chi connectivity index (χ2n) is 5.93. The van der Waals surface area contributed by atoms with E-state index in [0.717, 1.165) is 17.1 Å². The third-order valence-electron chi connectivity index (χ3n) is 3.35. The minimum Gasteiger partial charge on any atom is -0.346 e. The van der Waals surface area contributed by atoms with E-state index < -0.39 is 5.54 Å². The van der Waals surface area contributed by atoms with Gasteiger partial charge in [0, 0.05) is 23.3 Å². The number of amides is 1. The summed E-state index contributed by atoms with van der Waals surface area (Å²) in [7, 11) is 0. The molecule has 6 heteroatoms. The standard InChI is InChI=1S/C16H22N4O.ClH/c1-11-9-12(2)20(19-11)14-7-5-13(6-8-14)15(21)18-16(3,4)10-17;/h5-9H,10,17H2,1-4H3,(H,18,21);1H. The number of rotatable bonds is 4. The molecule has 0 aliphatic heterocycles. The zero-order chi connectivity index (χ0) is 15.6. The van der Waals surface area contributed by atoms with Crippen molar-refractivity contribution in [3.8, 4) is 5.69 Å². The van der Waals surface area contributed by atoms with Gasteiger partial charge >= 0.3 is 0 Å². The number of nitrogens with two attached hydrogens (primary N) is 1. The average Bonchev–Trinajstić information content (AvgIpc) is 2.77. The maximum absolute atomic E-state index is 12.1. The molecule has 2 aromatic rings. The maximum Gasteiger partial charge on any atom is 0.251 e. The Balaban J connectivity index is 0.00000242. The zero-order valence-electron chi connectivity index (χ0n) is 13.4. The molecule has 0 aliphatic carbocycles. The molecule has 0 fully saturated rings. The molecule has 1 aromatic heterocycles. The summed E-state index contributed by atoms with van der Waals surface area (Å²) < 4.78 is 1.86. The Bertz CT molecular complexity index is 647. The van der Waals surface area contributed by atoms with E-state index in [1.807, 2.05) is 50.6 Å². The van der Waals surface area contributed by atoms with Gasteiger partial charge in [-0.15, -0.1) is 12.4 Å². The van der Waals surface area contributed by atoms with Crippen LogP contribution in [0.2, 0.25) is 0 Å². The number of aromatic nitrogens is 2. The first kappa shape index (κ1) is 18.2. The molecule has 1 aromatic carbocycles. The molecule has 0 radical (unpaired) electrons. The van der Waals surface area contributed by atoms with Gasteiger partial charge in [-0.3, -0.25) is 4.79 Å². The fourth-order valence-electron chi connectivity index (χ4n) is 2.07. The van der Waals surface area contributed by atoms with Crippen LogP contribution in [0.4, 0.5) is 0 Å². The van der Waals surface area contributed by atoms with Crippen LogP contribution in [0.5, 0.6) is 0 Å². The zero-order valence-corrected chi connectivity index (χ0v) is 14.2. The summed E-state index contributed by atoms with van der Waals surface area (Å²) in [5.74, 6) is -0.120. The third-order valence-corrected chi connectivity index (χ3v) is 3.35. The van der Waals surface area contributed by atoms with E-state index >= 15 is 0 Å². The Hall–Kier alpha value is -1.85. The molecule has 0 atom stereocenters. The van der Waals surface area contributed by atoms with Crippen LogP contribution in [0.3, 0.4) is 0 Å². The van der Waals surface area contributed by atoms with E-state index in [4.69, 9.17) is 5.73 Å². The van der Waals surface area contributed by atoms with E-state index in [-0.39, 0.29) is 18.3 Å². The number of hydrogen-bond donors (Lipinski definition) is 2. The van der Waals surface area contributed by atoms with Gasteiger partial charge < -0.3 is 11.1 Å². The molecule has 120 valence electrons. The van der Waals surface area contributed by atoms with Crippen LogP contribution < -0.4 is 11.1 Å². The number of carbonyl (C=O) groups is 1.